The minimum Gasteiger partial charge on any atom is -0.481 e. The molecule has 88 valence electrons. The summed E-state index contributed by atoms with van der Waals surface area (Å²) >= 11 is 0. The van der Waals surface area contributed by atoms with Gasteiger partial charge in [-0.25, -0.2) is 0 Å². The third kappa shape index (κ3) is 4.40. The van der Waals surface area contributed by atoms with Crippen molar-refractivity contribution < 1.29 is 9.90 Å². The van der Waals surface area contributed by atoms with Crippen LogP contribution in [0.3, 0.4) is 0 Å². The maximum Gasteiger partial charge on any atom is 0.303 e. The quantitative estimate of drug-likeness (QED) is 0.797. The second-order valence-electron chi connectivity index (χ2n) is 4.06. The summed E-state index contributed by atoms with van der Waals surface area (Å²) < 4.78 is 0. The van der Waals surface area contributed by atoms with Crippen LogP contribution in [0.15, 0.2) is 24.5 Å². The van der Waals surface area contributed by atoms with Crippen molar-refractivity contribution in [3.05, 3.63) is 30.1 Å². The van der Waals surface area contributed by atoms with Gasteiger partial charge in [0.2, 0.25) is 0 Å². The van der Waals surface area contributed by atoms with Crippen molar-refractivity contribution in [2.24, 2.45) is 0 Å². The van der Waals surface area contributed by atoms with Crippen molar-refractivity contribution in [2.45, 2.75) is 32.4 Å². The van der Waals surface area contributed by atoms with E-state index < -0.39 is 5.97 Å². The first-order valence-corrected chi connectivity index (χ1v) is 5.40. The number of pyridine rings is 1. The second kappa shape index (κ2) is 6.23. The van der Waals surface area contributed by atoms with Gasteiger partial charge in [-0.05, 0) is 32.0 Å². The average Bonchev–Trinajstić information content (AvgIpc) is 2.27. The fourth-order valence-corrected chi connectivity index (χ4v) is 1.49. The molecule has 16 heavy (non-hydrogen) atoms. The monoisotopic (exact) mass is 222 g/mol. The summed E-state index contributed by atoms with van der Waals surface area (Å²) in [4.78, 5) is 16.6. The number of aliphatic carboxylic acids is 1. The van der Waals surface area contributed by atoms with Gasteiger partial charge in [-0.2, -0.15) is 0 Å². The number of nitrogens with zero attached hydrogens (tertiary/aromatic N) is 2. The molecule has 0 saturated carbocycles. The van der Waals surface area contributed by atoms with E-state index in [4.69, 9.17) is 5.11 Å². The zero-order chi connectivity index (χ0) is 12.0. The number of carboxylic acids is 1. The van der Waals surface area contributed by atoms with Crippen molar-refractivity contribution in [1.82, 2.24) is 9.88 Å². The fourth-order valence-electron chi connectivity index (χ4n) is 1.49. The van der Waals surface area contributed by atoms with Crippen LogP contribution in [0.1, 0.15) is 25.3 Å². The lowest BCUT2D eigenvalue weighted by Crippen LogP contribution is -2.29. The summed E-state index contributed by atoms with van der Waals surface area (Å²) in [7, 11) is 2.00. The molecule has 1 heterocycles. The molecule has 0 aromatic carbocycles. The highest BCUT2D eigenvalue weighted by Gasteiger charge is 2.11. The first kappa shape index (κ1) is 12.6. The number of rotatable bonds is 6. The Morgan fingerprint density at radius 2 is 2.38 bits per heavy atom. The average molecular weight is 222 g/mol. The zero-order valence-corrected chi connectivity index (χ0v) is 9.76. The van der Waals surface area contributed by atoms with E-state index in [1.165, 1.54) is 0 Å². The van der Waals surface area contributed by atoms with Crippen LogP contribution in [0.5, 0.6) is 0 Å². The van der Waals surface area contributed by atoms with Gasteiger partial charge in [0.25, 0.3) is 0 Å². The molecular formula is C12H18N2O2. The summed E-state index contributed by atoms with van der Waals surface area (Å²) in [6.45, 7) is 2.84. The predicted octanol–water partition coefficient (Wildman–Crippen LogP) is 1.77. The Labute approximate surface area is 95.9 Å². The van der Waals surface area contributed by atoms with Crippen LogP contribution in [0.2, 0.25) is 0 Å². The standard InChI is InChI=1S/C12H18N2O2/c1-10(5-6-12(15)16)14(2)9-11-4-3-7-13-8-11/h3-4,7-8,10H,5-6,9H2,1-2H3,(H,15,16). The number of aromatic nitrogens is 1. The van der Waals surface area contributed by atoms with Crippen LogP contribution in [0.4, 0.5) is 0 Å². The van der Waals surface area contributed by atoms with Gasteiger partial charge in [-0.1, -0.05) is 6.07 Å². The minimum absolute atomic E-state index is 0.221. The molecule has 0 bridgehead atoms. The van der Waals surface area contributed by atoms with Crippen LogP contribution >= 0.6 is 0 Å². The SMILES string of the molecule is CC(CCC(=O)O)N(C)Cc1cccnc1. The minimum atomic E-state index is -0.735. The molecule has 1 aromatic heterocycles. The van der Waals surface area contributed by atoms with E-state index in [9.17, 15) is 4.79 Å². The molecule has 4 heteroatoms. The third-order valence-electron chi connectivity index (χ3n) is 2.68. The molecule has 0 spiro atoms. The van der Waals surface area contributed by atoms with Crippen LogP contribution in [0.25, 0.3) is 0 Å². The van der Waals surface area contributed by atoms with Gasteiger partial charge >= 0.3 is 5.97 Å². The maximum absolute atomic E-state index is 10.5. The van der Waals surface area contributed by atoms with Gasteiger partial charge in [0, 0.05) is 31.4 Å². The second-order valence-corrected chi connectivity index (χ2v) is 4.06. The molecule has 4 nitrogen and oxygen atoms in total. The largest absolute Gasteiger partial charge is 0.481 e. The lowest BCUT2D eigenvalue weighted by Gasteiger charge is -2.24. The summed E-state index contributed by atoms with van der Waals surface area (Å²) in [5, 5.41) is 8.61. The molecule has 1 rings (SSSR count). The number of hydrogen-bond donors (Lipinski definition) is 1. The molecule has 0 aliphatic carbocycles. The van der Waals surface area contributed by atoms with Gasteiger partial charge in [-0.15, -0.1) is 0 Å². The summed E-state index contributed by atoms with van der Waals surface area (Å²) in [5.74, 6) is -0.735. The number of carbonyl (C=O) groups is 1. The van der Waals surface area contributed by atoms with E-state index in [1.807, 2.05) is 32.3 Å². The highest BCUT2D eigenvalue weighted by Crippen LogP contribution is 2.08. The number of hydrogen-bond acceptors (Lipinski definition) is 3. The van der Waals surface area contributed by atoms with Gasteiger partial charge in [0.15, 0.2) is 0 Å². The topological polar surface area (TPSA) is 53.4 Å². The van der Waals surface area contributed by atoms with Crippen LogP contribution < -0.4 is 0 Å². The first-order valence-electron chi connectivity index (χ1n) is 5.40. The first-order chi connectivity index (χ1) is 7.59. The molecule has 1 N–H and O–H groups in total. The molecular weight excluding hydrogens is 204 g/mol. The van der Waals surface area contributed by atoms with Crippen molar-refractivity contribution >= 4 is 5.97 Å². The molecule has 1 aromatic rings. The third-order valence-corrected chi connectivity index (χ3v) is 2.68. The molecule has 0 saturated heterocycles. The van der Waals surface area contributed by atoms with Gasteiger partial charge in [0.05, 0.1) is 0 Å². The lowest BCUT2D eigenvalue weighted by molar-refractivity contribution is -0.137. The summed E-state index contributed by atoms with van der Waals surface area (Å²) in [6, 6.07) is 4.19. The molecule has 1 atom stereocenters. The number of carboxylic acid groups (broad SMARTS) is 1. The van der Waals surface area contributed by atoms with E-state index >= 15 is 0 Å². The van der Waals surface area contributed by atoms with Crippen LogP contribution in [-0.4, -0.2) is 34.0 Å². The van der Waals surface area contributed by atoms with E-state index in [0.717, 1.165) is 12.1 Å². The Morgan fingerprint density at radius 1 is 1.62 bits per heavy atom. The van der Waals surface area contributed by atoms with E-state index in [2.05, 4.69) is 9.88 Å². The molecule has 1 unspecified atom stereocenters. The fraction of sp³-hybridized carbons (Fsp3) is 0.500. The van der Waals surface area contributed by atoms with Crippen molar-refractivity contribution in [1.29, 1.82) is 0 Å². The highest BCUT2D eigenvalue weighted by molar-refractivity contribution is 5.66. The molecule has 0 aliphatic heterocycles. The van der Waals surface area contributed by atoms with E-state index in [-0.39, 0.29) is 12.5 Å². The Hall–Kier alpha value is -1.42. The Bertz CT molecular complexity index is 327. The van der Waals surface area contributed by atoms with Crippen molar-refractivity contribution in [3.8, 4) is 0 Å². The van der Waals surface area contributed by atoms with Gasteiger partial charge < -0.3 is 5.11 Å². The predicted molar refractivity (Wildman–Crippen MR) is 62.0 cm³/mol. The Balaban J connectivity index is 2.39. The highest BCUT2D eigenvalue weighted by atomic mass is 16.4. The molecule has 0 amide bonds. The zero-order valence-electron chi connectivity index (χ0n) is 9.76. The van der Waals surface area contributed by atoms with Crippen molar-refractivity contribution in [3.63, 3.8) is 0 Å². The maximum atomic E-state index is 10.5. The smallest absolute Gasteiger partial charge is 0.303 e. The van der Waals surface area contributed by atoms with E-state index in [0.29, 0.717) is 6.42 Å². The summed E-state index contributed by atoms with van der Waals surface area (Å²) in [5.41, 5.74) is 1.15. The summed E-state index contributed by atoms with van der Waals surface area (Å²) in [6.07, 6.45) is 4.47. The molecule has 0 fully saturated rings. The van der Waals surface area contributed by atoms with Gasteiger partial charge in [0.1, 0.15) is 0 Å². The van der Waals surface area contributed by atoms with Crippen LogP contribution in [0, 0.1) is 0 Å². The van der Waals surface area contributed by atoms with Gasteiger partial charge in [-0.3, -0.25) is 14.7 Å². The lowest BCUT2D eigenvalue weighted by atomic mass is 10.1. The van der Waals surface area contributed by atoms with Crippen molar-refractivity contribution in [2.75, 3.05) is 7.05 Å². The Kier molecular flexibility index (Phi) is 4.92. The van der Waals surface area contributed by atoms with Crippen LogP contribution in [-0.2, 0) is 11.3 Å². The molecule has 0 radical (unpaired) electrons. The molecule has 0 aliphatic rings. The Morgan fingerprint density at radius 3 is 2.94 bits per heavy atom. The van der Waals surface area contributed by atoms with E-state index in [1.54, 1.807) is 6.20 Å². The normalized spacial score (nSPS) is 12.7.